The molecule has 7 heteroatoms. The Morgan fingerprint density at radius 2 is 2.04 bits per heavy atom. The lowest BCUT2D eigenvalue weighted by Gasteiger charge is -2.11. The smallest absolute Gasteiger partial charge is 0.220 e. The van der Waals surface area contributed by atoms with Crippen LogP contribution in [0.15, 0.2) is 42.0 Å². The minimum atomic E-state index is -0.219. The fraction of sp³-hybridized carbons (Fsp3) is 0.250. The van der Waals surface area contributed by atoms with Gasteiger partial charge in [-0.3, -0.25) is 9.59 Å². The fourth-order valence-corrected chi connectivity index (χ4v) is 2.86. The fourth-order valence-electron chi connectivity index (χ4n) is 2.25. The van der Waals surface area contributed by atoms with Gasteiger partial charge in [0.2, 0.25) is 10.9 Å². The Kier molecular flexibility index (Phi) is 4.47. The third kappa shape index (κ3) is 3.62. The molecule has 1 unspecified atom stereocenters. The minimum Gasteiger partial charge on any atom is -0.348 e. The highest BCUT2D eigenvalue weighted by Crippen LogP contribution is 2.15. The number of Topliss-reactive ketones (excluding diaryl/α,β-unsaturated/α-hetero) is 1. The van der Waals surface area contributed by atoms with Crippen molar-refractivity contribution in [3.63, 3.8) is 0 Å². The molecule has 0 aliphatic heterocycles. The molecule has 1 amide bonds. The molecule has 0 spiro atoms. The van der Waals surface area contributed by atoms with Crippen LogP contribution in [0.25, 0.3) is 4.96 Å². The topological polar surface area (TPSA) is 76.4 Å². The van der Waals surface area contributed by atoms with Gasteiger partial charge in [0, 0.05) is 18.4 Å². The summed E-state index contributed by atoms with van der Waals surface area (Å²) in [6.07, 6.45) is 2.16. The van der Waals surface area contributed by atoms with E-state index in [9.17, 15) is 9.59 Å². The Balaban J connectivity index is 1.52. The summed E-state index contributed by atoms with van der Waals surface area (Å²) in [6.45, 7) is 1.86. The predicted molar refractivity (Wildman–Crippen MR) is 87.4 cm³/mol. The van der Waals surface area contributed by atoms with E-state index < -0.39 is 0 Å². The van der Waals surface area contributed by atoms with Crippen molar-refractivity contribution in [2.75, 3.05) is 0 Å². The zero-order chi connectivity index (χ0) is 16.2. The number of nitrogens with one attached hydrogen (secondary N) is 1. The number of aromatic nitrogens is 3. The molecule has 1 atom stereocenters. The third-order valence-corrected chi connectivity index (χ3v) is 4.19. The molecule has 1 N–H and O–H groups in total. The lowest BCUT2D eigenvalue weighted by atomic mass is 10.1. The molecule has 0 aliphatic rings. The van der Waals surface area contributed by atoms with E-state index in [1.807, 2.05) is 25.1 Å². The van der Waals surface area contributed by atoms with Crippen LogP contribution in [0.2, 0.25) is 0 Å². The maximum absolute atomic E-state index is 12.0. The lowest BCUT2D eigenvalue weighted by molar-refractivity contribution is -0.121. The number of hydrogen-bond acceptors (Lipinski definition) is 5. The van der Waals surface area contributed by atoms with Crippen molar-refractivity contribution in [3.05, 3.63) is 53.3 Å². The average Bonchev–Trinajstić information content (AvgIpc) is 3.15. The maximum atomic E-state index is 12.0. The lowest BCUT2D eigenvalue weighted by Crippen LogP contribution is -2.27. The van der Waals surface area contributed by atoms with Gasteiger partial charge in [-0.05, 0) is 6.92 Å². The van der Waals surface area contributed by atoms with Crippen LogP contribution in [0.5, 0.6) is 0 Å². The molecule has 1 aromatic carbocycles. The predicted octanol–water partition coefficient (Wildman–Crippen LogP) is 2.63. The molecule has 0 saturated heterocycles. The van der Waals surface area contributed by atoms with Crippen LogP contribution in [-0.2, 0) is 4.79 Å². The summed E-state index contributed by atoms with van der Waals surface area (Å²) in [4.78, 5) is 29.2. The SMILES string of the molecule is CC(NC(=O)CCC(=O)c1ccccc1)c1cn2ncsc2n1. The van der Waals surface area contributed by atoms with Crippen LogP contribution in [0.1, 0.15) is 41.9 Å². The van der Waals surface area contributed by atoms with Crippen LogP contribution in [-0.4, -0.2) is 26.3 Å². The molecule has 118 valence electrons. The van der Waals surface area contributed by atoms with Gasteiger partial charge in [-0.25, -0.2) is 9.50 Å². The van der Waals surface area contributed by atoms with E-state index in [1.165, 1.54) is 11.3 Å². The van der Waals surface area contributed by atoms with Gasteiger partial charge in [-0.2, -0.15) is 5.10 Å². The number of benzene rings is 1. The quantitative estimate of drug-likeness (QED) is 0.706. The molecule has 0 saturated carbocycles. The average molecular weight is 328 g/mol. The second-order valence-electron chi connectivity index (χ2n) is 5.21. The maximum Gasteiger partial charge on any atom is 0.220 e. The normalized spacial score (nSPS) is 12.2. The van der Waals surface area contributed by atoms with Crippen molar-refractivity contribution >= 4 is 28.0 Å². The third-order valence-electron chi connectivity index (χ3n) is 3.50. The van der Waals surface area contributed by atoms with E-state index in [2.05, 4.69) is 15.4 Å². The zero-order valence-corrected chi connectivity index (χ0v) is 13.4. The first-order chi connectivity index (χ1) is 11.1. The molecule has 2 heterocycles. The molecule has 0 aliphatic carbocycles. The second-order valence-corrected chi connectivity index (χ2v) is 6.02. The number of hydrogen-bond donors (Lipinski definition) is 1. The number of ketones is 1. The van der Waals surface area contributed by atoms with Crippen LogP contribution in [0.3, 0.4) is 0 Å². The molecular formula is C16H16N4O2S. The first-order valence-corrected chi connectivity index (χ1v) is 8.18. The van der Waals surface area contributed by atoms with Gasteiger partial charge in [0.15, 0.2) is 5.78 Å². The molecule has 0 bridgehead atoms. The Bertz CT molecular complexity index is 796. The monoisotopic (exact) mass is 328 g/mol. The highest BCUT2D eigenvalue weighted by Gasteiger charge is 2.15. The first-order valence-electron chi connectivity index (χ1n) is 7.30. The number of carbonyl (C=O) groups excluding carboxylic acids is 2. The molecule has 0 radical (unpaired) electrons. The summed E-state index contributed by atoms with van der Waals surface area (Å²) in [6, 6.07) is 8.78. The van der Waals surface area contributed by atoms with Gasteiger partial charge >= 0.3 is 0 Å². The minimum absolute atomic E-state index is 0.0277. The van der Waals surface area contributed by atoms with Crippen LogP contribution < -0.4 is 5.32 Å². The highest BCUT2D eigenvalue weighted by molar-refractivity contribution is 7.14. The summed E-state index contributed by atoms with van der Waals surface area (Å²) in [5.74, 6) is -0.189. The number of amides is 1. The molecule has 3 aromatic rings. The van der Waals surface area contributed by atoms with Crippen molar-refractivity contribution < 1.29 is 9.59 Å². The van der Waals surface area contributed by atoms with E-state index in [1.54, 1.807) is 28.4 Å². The van der Waals surface area contributed by atoms with E-state index >= 15 is 0 Å². The van der Waals surface area contributed by atoms with Gasteiger partial charge in [0.25, 0.3) is 0 Å². The Hall–Kier alpha value is -2.54. The number of nitrogens with zero attached hydrogens (tertiary/aromatic N) is 3. The Morgan fingerprint density at radius 1 is 1.26 bits per heavy atom. The second kappa shape index (κ2) is 6.70. The van der Waals surface area contributed by atoms with E-state index in [4.69, 9.17) is 0 Å². The number of imidazole rings is 1. The van der Waals surface area contributed by atoms with Crippen molar-refractivity contribution in [2.24, 2.45) is 0 Å². The molecule has 0 fully saturated rings. The molecule has 2 aromatic heterocycles. The van der Waals surface area contributed by atoms with E-state index in [0.717, 1.165) is 10.7 Å². The van der Waals surface area contributed by atoms with Gasteiger partial charge in [0.1, 0.15) is 5.51 Å². The highest BCUT2D eigenvalue weighted by atomic mass is 32.1. The Morgan fingerprint density at radius 3 is 2.78 bits per heavy atom. The van der Waals surface area contributed by atoms with Crippen molar-refractivity contribution in [1.29, 1.82) is 0 Å². The summed E-state index contributed by atoms with van der Waals surface area (Å²) >= 11 is 1.44. The summed E-state index contributed by atoms with van der Waals surface area (Å²) in [5.41, 5.74) is 3.10. The number of fused-ring (bicyclic) bond motifs is 1. The van der Waals surface area contributed by atoms with Crippen molar-refractivity contribution in [1.82, 2.24) is 19.9 Å². The number of rotatable bonds is 6. The van der Waals surface area contributed by atoms with Crippen LogP contribution in [0, 0.1) is 0 Å². The summed E-state index contributed by atoms with van der Waals surface area (Å²) < 4.78 is 1.68. The standard InChI is InChI=1S/C16H16N4O2S/c1-11(13-9-20-16(19-13)23-10-17-20)18-15(22)8-7-14(21)12-5-3-2-4-6-12/h2-6,9-11H,7-8H2,1H3,(H,18,22). The first kappa shape index (κ1) is 15.4. The van der Waals surface area contributed by atoms with Crippen molar-refractivity contribution in [2.45, 2.75) is 25.8 Å². The molecule has 6 nitrogen and oxygen atoms in total. The van der Waals surface area contributed by atoms with Gasteiger partial charge in [0.05, 0.1) is 17.9 Å². The molecular weight excluding hydrogens is 312 g/mol. The van der Waals surface area contributed by atoms with Gasteiger partial charge < -0.3 is 5.32 Å². The van der Waals surface area contributed by atoms with E-state index in [0.29, 0.717) is 5.56 Å². The zero-order valence-electron chi connectivity index (χ0n) is 12.6. The Labute approximate surface area is 137 Å². The van der Waals surface area contributed by atoms with Gasteiger partial charge in [-0.1, -0.05) is 41.7 Å². The molecule has 3 rings (SSSR count). The largest absolute Gasteiger partial charge is 0.348 e. The summed E-state index contributed by atoms with van der Waals surface area (Å²) in [5, 5.41) is 6.97. The summed E-state index contributed by atoms with van der Waals surface area (Å²) in [7, 11) is 0. The van der Waals surface area contributed by atoms with Gasteiger partial charge in [-0.15, -0.1) is 0 Å². The van der Waals surface area contributed by atoms with E-state index in [-0.39, 0.29) is 30.6 Å². The van der Waals surface area contributed by atoms with Crippen molar-refractivity contribution in [3.8, 4) is 0 Å². The van der Waals surface area contributed by atoms with Crippen LogP contribution in [0.4, 0.5) is 0 Å². The molecule has 23 heavy (non-hydrogen) atoms. The number of carbonyl (C=O) groups is 2. The van der Waals surface area contributed by atoms with Crippen LogP contribution >= 0.6 is 11.3 Å².